The van der Waals surface area contributed by atoms with Crippen LogP contribution in [-0.4, -0.2) is 14.2 Å². The lowest BCUT2D eigenvalue weighted by Crippen LogP contribution is -2.03. The molecule has 0 aliphatic heterocycles. The van der Waals surface area contributed by atoms with E-state index < -0.39 is 18.5 Å². The van der Waals surface area contributed by atoms with Crippen LogP contribution in [0.25, 0.3) is 0 Å². The van der Waals surface area contributed by atoms with Gasteiger partial charge in [-0.3, -0.25) is 0 Å². The van der Waals surface area contributed by atoms with Gasteiger partial charge in [0.05, 0.1) is 5.56 Å². The van der Waals surface area contributed by atoms with E-state index in [9.17, 15) is 17.7 Å². The fraction of sp³-hybridized carbons (Fsp3) is 0.333. The Balaban J connectivity index is 2.86. The molecule has 1 rings (SSSR count). The molecule has 0 aliphatic carbocycles. The Morgan fingerprint density at radius 3 is 1.94 bits per heavy atom. The number of benzene rings is 1. The first kappa shape index (κ1) is 14.6. The number of rotatable bonds is 4. The highest BCUT2D eigenvalue weighted by molar-refractivity contribution is 8.55. The molecule has 0 radical (unpaired) electrons. The minimum absolute atomic E-state index is 0.380. The number of alkyl halides is 3. The molecule has 0 heterocycles. The van der Waals surface area contributed by atoms with Crippen molar-refractivity contribution in [3.63, 3.8) is 0 Å². The Bertz CT molecular complexity index is 410. The molecule has 0 amide bonds. The molecule has 1 aromatic rings. The van der Waals surface area contributed by atoms with Crippen molar-refractivity contribution in [3.05, 3.63) is 29.8 Å². The average Bonchev–Trinajstić information content (AvgIpc) is 2.28. The number of hydrogen-bond donors (Lipinski definition) is 0. The maximum Gasteiger partial charge on any atom is 0.416 e. The van der Waals surface area contributed by atoms with Gasteiger partial charge in [-0.15, -0.1) is 0 Å². The van der Waals surface area contributed by atoms with Crippen LogP contribution in [0.4, 0.5) is 13.2 Å². The SMILES string of the molecule is COP(=O)(OC)Sc1ccc(C(F)(F)F)cc1. The lowest BCUT2D eigenvalue weighted by Gasteiger charge is -2.12. The van der Waals surface area contributed by atoms with Gasteiger partial charge in [0.2, 0.25) is 0 Å². The molecular formula is C9H10F3O3PS. The molecule has 0 saturated heterocycles. The normalized spacial score (nSPS) is 12.8. The number of halogens is 3. The first-order valence-corrected chi connectivity index (χ1v) is 7.35. The zero-order valence-electron chi connectivity index (χ0n) is 9.02. The summed E-state index contributed by atoms with van der Waals surface area (Å²) >= 11 is 0.754. The summed E-state index contributed by atoms with van der Waals surface area (Å²) in [6.07, 6.45) is -4.38. The van der Waals surface area contributed by atoms with E-state index in [0.717, 1.165) is 23.5 Å². The third-order valence-corrected chi connectivity index (χ3v) is 5.64. The van der Waals surface area contributed by atoms with Gasteiger partial charge >= 0.3 is 13.0 Å². The first-order chi connectivity index (χ1) is 7.80. The lowest BCUT2D eigenvalue weighted by molar-refractivity contribution is -0.137. The molecule has 0 fully saturated rings. The molecule has 0 N–H and O–H groups in total. The molecule has 96 valence electrons. The Hall–Kier alpha value is -0.490. The van der Waals surface area contributed by atoms with Crippen LogP contribution < -0.4 is 0 Å². The van der Waals surface area contributed by atoms with Crippen molar-refractivity contribution in [2.24, 2.45) is 0 Å². The highest BCUT2D eigenvalue weighted by atomic mass is 32.7. The molecule has 17 heavy (non-hydrogen) atoms. The summed E-state index contributed by atoms with van der Waals surface area (Å²) in [4.78, 5) is 0.380. The van der Waals surface area contributed by atoms with Crippen LogP contribution in [0.3, 0.4) is 0 Å². The van der Waals surface area contributed by atoms with E-state index >= 15 is 0 Å². The predicted octanol–water partition coefficient (Wildman–Crippen LogP) is 4.20. The van der Waals surface area contributed by atoms with Crippen molar-refractivity contribution in [2.45, 2.75) is 11.1 Å². The van der Waals surface area contributed by atoms with Crippen molar-refractivity contribution >= 4 is 18.2 Å². The van der Waals surface area contributed by atoms with E-state index in [1.807, 2.05) is 0 Å². The maximum absolute atomic E-state index is 12.3. The molecule has 0 aliphatic rings. The maximum atomic E-state index is 12.3. The van der Waals surface area contributed by atoms with Crippen molar-refractivity contribution in [1.29, 1.82) is 0 Å². The van der Waals surface area contributed by atoms with Gasteiger partial charge < -0.3 is 9.05 Å². The van der Waals surface area contributed by atoms with E-state index in [1.165, 1.54) is 26.4 Å². The second-order valence-electron chi connectivity index (χ2n) is 2.93. The van der Waals surface area contributed by atoms with Crippen LogP contribution in [0, 0.1) is 0 Å². The van der Waals surface area contributed by atoms with Crippen LogP contribution in [0.15, 0.2) is 29.2 Å². The Kier molecular flexibility index (Phi) is 4.66. The van der Waals surface area contributed by atoms with Gasteiger partial charge in [-0.25, -0.2) is 4.57 Å². The van der Waals surface area contributed by atoms with Crippen LogP contribution in [-0.2, 0) is 19.8 Å². The first-order valence-electron chi connectivity index (χ1n) is 4.39. The van der Waals surface area contributed by atoms with Gasteiger partial charge in [0.1, 0.15) is 0 Å². The van der Waals surface area contributed by atoms with Gasteiger partial charge in [0, 0.05) is 19.1 Å². The largest absolute Gasteiger partial charge is 0.416 e. The highest BCUT2D eigenvalue weighted by Gasteiger charge is 2.30. The summed E-state index contributed by atoms with van der Waals surface area (Å²) in [5.41, 5.74) is -0.758. The molecule has 0 bridgehead atoms. The van der Waals surface area contributed by atoms with E-state index in [1.54, 1.807) is 0 Å². The minimum Gasteiger partial charge on any atom is -0.304 e. The number of hydrogen-bond acceptors (Lipinski definition) is 4. The van der Waals surface area contributed by atoms with Crippen LogP contribution >= 0.6 is 18.2 Å². The molecule has 3 nitrogen and oxygen atoms in total. The smallest absolute Gasteiger partial charge is 0.304 e. The Morgan fingerprint density at radius 1 is 1.12 bits per heavy atom. The summed E-state index contributed by atoms with van der Waals surface area (Å²) in [5.74, 6) is 0. The summed E-state index contributed by atoms with van der Waals surface area (Å²) in [7, 11) is 2.42. The Morgan fingerprint density at radius 2 is 1.59 bits per heavy atom. The van der Waals surface area contributed by atoms with Crippen molar-refractivity contribution in [1.82, 2.24) is 0 Å². The second-order valence-corrected chi connectivity index (χ2v) is 7.09. The standard InChI is InChI=1S/C9H10F3O3PS/c1-14-16(13,15-2)17-8-5-3-7(4-6-8)9(10,11)12/h3-6H,1-2H3. The van der Waals surface area contributed by atoms with Crippen molar-refractivity contribution in [2.75, 3.05) is 14.2 Å². The van der Waals surface area contributed by atoms with Gasteiger partial charge in [-0.2, -0.15) is 13.2 Å². The summed E-state index contributed by atoms with van der Waals surface area (Å²) in [5, 5.41) is 0. The van der Waals surface area contributed by atoms with Crippen LogP contribution in [0.1, 0.15) is 5.56 Å². The van der Waals surface area contributed by atoms with E-state index in [4.69, 9.17) is 0 Å². The van der Waals surface area contributed by atoms with Crippen LogP contribution in [0.5, 0.6) is 0 Å². The summed E-state index contributed by atoms with van der Waals surface area (Å²) < 4.78 is 57.9. The van der Waals surface area contributed by atoms with E-state index in [-0.39, 0.29) is 0 Å². The Labute approximate surface area is 101 Å². The molecule has 0 saturated carbocycles. The van der Waals surface area contributed by atoms with E-state index in [0.29, 0.717) is 4.90 Å². The third-order valence-electron chi connectivity index (χ3n) is 1.85. The van der Waals surface area contributed by atoms with Crippen molar-refractivity contribution in [3.8, 4) is 0 Å². The van der Waals surface area contributed by atoms with Gasteiger partial charge in [0.15, 0.2) is 0 Å². The van der Waals surface area contributed by atoms with Gasteiger partial charge in [-0.1, -0.05) is 0 Å². The minimum atomic E-state index is -4.38. The van der Waals surface area contributed by atoms with Gasteiger partial charge in [0.25, 0.3) is 0 Å². The lowest BCUT2D eigenvalue weighted by atomic mass is 10.2. The van der Waals surface area contributed by atoms with Crippen LogP contribution in [0.2, 0.25) is 0 Å². The zero-order chi connectivity index (χ0) is 13.1. The fourth-order valence-corrected chi connectivity index (χ4v) is 3.38. The molecule has 8 heteroatoms. The molecule has 0 spiro atoms. The third kappa shape index (κ3) is 4.03. The molecule has 0 unspecified atom stereocenters. The monoisotopic (exact) mass is 286 g/mol. The van der Waals surface area contributed by atoms with Crippen molar-refractivity contribution < 1.29 is 26.8 Å². The summed E-state index contributed by atoms with van der Waals surface area (Å²) in [6.45, 7) is -3.32. The molecule has 1 aromatic carbocycles. The van der Waals surface area contributed by atoms with Gasteiger partial charge in [-0.05, 0) is 35.6 Å². The quantitative estimate of drug-likeness (QED) is 0.777. The highest BCUT2D eigenvalue weighted by Crippen LogP contribution is 2.62. The predicted molar refractivity (Wildman–Crippen MR) is 58.9 cm³/mol. The molecule has 0 aromatic heterocycles. The molecular weight excluding hydrogens is 276 g/mol. The van der Waals surface area contributed by atoms with E-state index in [2.05, 4.69) is 9.05 Å². The second kappa shape index (κ2) is 5.44. The average molecular weight is 286 g/mol. The fourth-order valence-electron chi connectivity index (χ4n) is 0.983. The molecule has 0 atom stereocenters. The topological polar surface area (TPSA) is 35.5 Å². The summed E-state index contributed by atoms with van der Waals surface area (Å²) in [6, 6.07) is 4.27. The zero-order valence-corrected chi connectivity index (χ0v) is 10.7.